The molecular formula is C14H21BrS. The fourth-order valence-corrected chi connectivity index (χ4v) is 4.49. The quantitative estimate of drug-likeness (QED) is 0.624. The summed E-state index contributed by atoms with van der Waals surface area (Å²) < 4.78 is 0. The normalized spacial score (nSPS) is 19.9. The fourth-order valence-electron chi connectivity index (χ4n) is 2.58. The van der Waals surface area contributed by atoms with Crippen molar-refractivity contribution in [3.63, 3.8) is 0 Å². The summed E-state index contributed by atoms with van der Waals surface area (Å²) in [5.41, 5.74) is 0. The van der Waals surface area contributed by atoms with Gasteiger partial charge in [0.25, 0.3) is 0 Å². The van der Waals surface area contributed by atoms with E-state index in [1.54, 1.807) is 0 Å². The SMILES string of the molecule is CCc1ccc(C(Br)CC2CCCCC2)s1. The van der Waals surface area contributed by atoms with E-state index in [1.807, 2.05) is 11.3 Å². The molecule has 2 rings (SSSR count). The van der Waals surface area contributed by atoms with Gasteiger partial charge >= 0.3 is 0 Å². The maximum Gasteiger partial charge on any atom is 0.0491 e. The van der Waals surface area contributed by atoms with Gasteiger partial charge in [0, 0.05) is 14.6 Å². The summed E-state index contributed by atoms with van der Waals surface area (Å²) in [6, 6.07) is 4.60. The Kier molecular flexibility index (Phi) is 4.90. The molecule has 0 saturated heterocycles. The molecule has 16 heavy (non-hydrogen) atoms. The maximum atomic E-state index is 3.87. The summed E-state index contributed by atoms with van der Waals surface area (Å²) in [6.45, 7) is 2.24. The summed E-state index contributed by atoms with van der Waals surface area (Å²) in [4.78, 5) is 3.64. The largest absolute Gasteiger partial charge is 0.144 e. The molecule has 1 unspecified atom stereocenters. The van der Waals surface area contributed by atoms with E-state index in [0.717, 1.165) is 5.92 Å². The monoisotopic (exact) mass is 300 g/mol. The number of hydrogen-bond acceptors (Lipinski definition) is 1. The lowest BCUT2D eigenvalue weighted by atomic mass is 9.86. The molecule has 0 nitrogen and oxygen atoms in total. The van der Waals surface area contributed by atoms with Gasteiger partial charge in [-0.3, -0.25) is 0 Å². The van der Waals surface area contributed by atoms with E-state index in [1.165, 1.54) is 54.7 Å². The van der Waals surface area contributed by atoms with Gasteiger partial charge in [-0.25, -0.2) is 0 Å². The van der Waals surface area contributed by atoms with Crippen LogP contribution in [0.4, 0.5) is 0 Å². The number of alkyl halides is 1. The van der Waals surface area contributed by atoms with Gasteiger partial charge in [0.05, 0.1) is 0 Å². The molecule has 0 aromatic carbocycles. The van der Waals surface area contributed by atoms with Crippen molar-refractivity contribution in [1.82, 2.24) is 0 Å². The first kappa shape index (κ1) is 12.6. The number of halogens is 1. The van der Waals surface area contributed by atoms with Crippen LogP contribution in [0.25, 0.3) is 0 Å². The Morgan fingerprint density at radius 1 is 1.31 bits per heavy atom. The second-order valence-corrected chi connectivity index (χ2v) is 7.17. The Hall–Kier alpha value is 0.180. The van der Waals surface area contributed by atoms with Gasteiger partial charge in [0.2, 0.25) is 0 Å². The van der Waals surface area contributed by atoms with Crippen molar-refractivity contribution < 1.29 is 0 Å². The van der Waals surface area contributed by atoms with E-state index in [4.69, 9.17) is 0 Å². The van der Waals surface area contributed by atoms with Crippen LogP contribution in [0.2, 0.25) is 0 Å². The smallest absolute Gasteiger partial charge is 0.0491 e. The molecule has 90 valence electrons. The molecule has 1 heterocycles. The van der Waals surface area contributed by atoms with Crippen molar-refractivity contribution in [2.24, 2.45) is 5.92 Å². The van der Waals surface area contributed by atoms with Gasteiger partial charge in [-0.15, -0.1) is 11.3 Å². The molecule has 2 heteroatoms. The highest BCUT2D eigenvalue weighted by Gasteiger charge is 2.19. The molecule has 0 radical (unpaired) electrons. The van der Waals surface area contributed by atoms with Crippen molar-refractivity contribution in [3.8, 4) is 0 Å². The zero-order valence-corrected chi connectivity index (χ0v) is 12.4. The van der Waals surface area contributed by atoms with E-state index in [0.29, 0.717) is 4.83 Å². The number of thiophene rings is 1. The maximum absolute atomic E-state index is 3.87. The van der Waals surface area contributed by atoms with E-state index >= 15 is 0 Å². The first-order valence-corrected chi connectivity index (χ1v) is 8.25. The highest BCUT2D eigenvalue weighted by atomic mass is 79.9. The highest BCUT2D eigenvalue weighted by molar-refractivity contribution is 9.09. The van der Waals surface area contributed by atoms with Crippen molar-refractivity contribution >= 4 is 27.3 Å². The summed E-state index contributed by atoms with van der Waals surface area (Å²) in [7, 11) is 0. The van der Waals surface area contributed by atoms with Crippen LogP contribution in [0.3, 0.4) is 0 Å². The molecule has 0 amide bonds. The lowest BCUT2D eigenvalue weighted by molar-refractivity contribution is 0.339. The Morgan fingerprint density at radius 2 is 2.06 bits per heavy atom. The highest BCUT2D eigenvalue weighted by Crippen LogP contribution is 2.38. The Balaban J connectivity index is 1.88. The molecule has 0 spiro atoms. The van der Waals surface area contributed by atoms with Gasteiger partial charge in [-0.1, -0.05) is 55.0 Å². The summed E-state index contributed by atoms with van der Waals surface area (Å²) >= 11 is 5.86. The first-order chi connectivity index (χ1) is 7.79. The van der Waals surface area contributed by atoms with Gasteiger partial charge < -0.3 is 0 Å². The average Bonchev–Trinajstić information content (AvgIpc) is 2.79. The zero-order chi connectivity index (χ0) is 11.4. The molecule has 1 saturated carbocycles. The van der Waals surface area contributed by atoms with Crippen LogP contribution < -0.4 is 0 Å². The Bertz CT molecular complexity index is 312. The molecule has 1 aromatic rings. The van der Waals surface area contributed by atoms with Crippen molar-refractivity contribution in [2.45, 2.75) is 56.7 Å². The van der Waals surface area contributed by atoms with Gasteiger partial charge in [0.1, 0.15) is 0 Å². The second kappa shape index (κ2) is 6.20. The Labute approximate surface area is 112 Å². The third-order valence-electron chi connectivity index (χ3n) is 3.60. The zero-order valence-electron chi connectivity index (χ0n) is 10.0. The average molecular weight is 301 g/mol. The van der Waals surface area contributed by atoms with Gasteiger partial charge in [-0.05, 0) is 30.9 Å². The van der Waals surface area contributed by atoms with Crippen LogP contribution >= 0.6 is 27.3 Å². The van der Waals surface area contributed by atoms with Crippen LogP contribution in [0.15, 0.2) is 12.1 Å². The molecule has 1 aliphatic rings. The first-order valence-electron chi connectivity index (χ1n) is 6.52. The standard InChI is InChI=1S/C14H21BrS/c1-2-12-8-9-14(16-12)13(15)10-11-6-4-3-5-7-11/h8-9,11,13H,2-7,10H2,1H3. The van der Waals surface area contributed by atoms with Crippen LogP contribution in [0, 0.1) is 5.92 Å². The Morgan fingerprint density at radius 3 is 2.69 bits per heavy atom. The van der Waals surface area contributed by atoms with Crippen LogP contribution in [-0.2, 0) is 6.42 Å². The predicted molar refractivity (Wildman–Crippen MR) is 76.6 cm³/mol. The van der Waals surface area contributed by atoms with Crippen molar-refractivity contribution in [1.29, 1.82) is 0 Å². The third-order valence-corrected chi connectivity index (χ3v) is 6.12. The van der Waals surface area contributed by atoms with E-state index in [9.17, 15) is 0 Å². The number of aryl methyl sites for hydroxylation is 1. The minimum absolute atomic E-state index is 0.598. The van der Waals surface area contributed by atoms with E-state index in [2.05, 4.69) is 35.0 Å². The summed E-state index contributed by atoms with van der Waals surface area (Å²) in [5, 5.41) is 0. The molecule has 1 aliphatic carbocycles. The van der Waals surface area contributed by atoms with Crippen molar-refractivity contribution in [2.75, 3.05) is 0 Å². The molecular weight excluding hydrogens is 280 g/mol. The minimum atomic E-state index is 0.598. The molecule has 0 aliphatic heterocycles. The molecule has 0 bridgehead atoms. The number of rotatable bonds is 4. The molecule has 1 aromatic heterocycles. The molecule has 0 N–H and O–H groups in total. The van der Waals surface area contributed by atoms with Crippen LogP contribution in [-0.4, -0.2) is 0 Å². The van der Waals surface area contributed by atoms with Gasteiger partial charge in [-0.2, -0.15) is 0 Å². The van der Waals surface area contributed by atoms with Crippen LogP contribution in [0.5, 0.6) is 0 Å². The van der Waals surface area contributed by atoms with Gasteiger partial charge in [0.15, 0.2) is 0 Å². The van der Waals surface area contributed by atoms with Crippen molar-refractivity contribution in [3.05, 3.63) is 21.9 Å². The summed E-state index contributed by atoms with van der Waals surface area (Å²) in [5.74, 6) is 0.963. The lowest BCUT2D eigenvalue weighted by Gasteiger charge is -2.23. The molecule has 1 atom stereocenters. The second-order valence-electron chi connectivity index (χ2n) is 4.86. The fraction of sp³-hybridized carbons (Fsp3) is 0.714. The van der Waals surface area contributed by atoms with E-state index < -0.39 is 0 Å². The number of hydrogen-bond donors (Lipinski definition) is 0. The van der Waals surface area contributed by atoms with Crippen LogP contribution in [0.1, 0.15) is 60.0 Å². The minimum Gasteiger partial charge on any atom is -0.144 e. The third kappa shape index (κ3) is 3.33. The summed E-state index contributed by atoms with van der Waals surface area (Å²) in [6.07, 6.45) is 9.78. The van der Waals surface area contributed by atoms with E-state index in [-0.39, 0.29) is 0 Å². The lowest BCUT2D eigenvalue weighted by Crippen LogP contribution is -2.08. The molecule has 1 fully saturated rings. The predicted octanol–water partition coefficient (Wildman–Crippen LogP) is 5.72. The topological polar surface area (TPSA) is 0 Å².